The van der Waals surface area contributed by atoms with Crippen LogP contribution in [0.2, 0.25) is 0 Å². The molecule has 3 rings (SSSR count). The van der Waals surface area contributed by atoms with E-state index < -0.39 is 0 Å². The molecule has 2 atom stereocenters. The van der Waals surface area contributed by atoms with Gasteiger partial charge in [-0.3, -0.25) is 4.79 Å². The van der Waals surface area contributed by atoms with Crippen LogP contribution in [0.3, 0.4) is 0 Å². The first kappa shape index (κ1) is 17.8. The number of thiophene rings is 1. The maximum absolute atomic E-state index is 12.5. The van der Waals surface area contributed by atoms with Gasteiger partial charge in [0.15, 0.2) is 0 Å². The monoisotopic (exact) mass is 355 g/mol. The van der Waals surface area contributed by atoms with E-state index >= 15 is 0 Å². The summed E-state index contributed by atoms with van der Waals surface area (Å²) in [6.45, 7) is 12.4. The first-order chi connectivity index (χ1) is 11.8. The molecule has 0 bridgehead atoms. The number of aryl methyl sites for hydroxylation is 4. The van der Waals surface area contributed by atoms with E-state index in [2.05, 4.69) is 49.3 Å². The van der Waals surface area contributed by atoms with Crippen molar-refractivity contribution in [2.75, 3.05) is 0 Å². The lowest BCUT2D eigenvalue weighted by Gasteiger charge is -2.21. The van der Waals surface area contributed by atoms with E-state index in [4.69, 9.17) is 4.98 Å². The highest BCUT2D eigenvalue weighted by Gasteiger charge is 2.18. The second-order valence-electron chi connectivity index (χ2n) is 6.88. The van der Waals surface area contributed by atoms with Gasteiger partial charge in [0.05, 0.1) is 11.4 Å². The van der Waals surface area contributed by atoms with Gasteiger partial charge in [0, 0.05) is 10.9 Å². The fourth-order valence-electron chi connectivity index (χ4n) is 3.25. The Morgan fingerprint density at radius 3 is 2.56 bits per heavy atom. The molecule has 0 saturated carbocycles. The lowest BCUT2D eigenvalue weighted by atomic mass is 9.99. The number of H-pyrrole nitrogens is 1. The van der Waals surface area contributed by atoms with Crippen molar-refractivity contribution in [2.45, 2.75) is 53.6 Å². The van der Waals surface area contributed by atoms with E-state index in [9.17, 15) is 4.79 Å². The average Bonchev–Trinajstić information content (AvgIpc) is 2.84. The Morgan fingerprint density at radius 1 is 1.12 bits per heavy atom. The van der Waals surface area contributed by atoms with E-state index in [1.54, 1.807) is 11.3 Å². The minimum atomic E-state index is -0.0466. The van der Waals surface area contributed by atoms with Crippen LogP contribution in [-0.4, -0.2) is 9.97 Å². The molecule has 132 valence electrons. The van der Waals surface area contributed by atoms with E-state index in [-0.39, 0.29) is 17.6 Å². The number of benzene rings is 1. The van der Waals surface area contributed by atoms with Gasteiger partial charge in [-0.2, -0.15) is 0 Å². The van der Waals surface area contributed by atoms with Crippen LogP contribution in [0.15, 0.2) is 23.0 Å². The molecule has 0 fully saturated rings. The van der Waals surface area contributed by atoms with E-state index in [1.165, 1.54) is 16.7 Å². The number of nitrogens with one attached hydrogen (secondary N) is 2. The highest BCUT2D eigenvalue weighted by atomic mass is 32.1. The van der Waals surface area contributed by atoms with Crippen LogP contribution in [0.1, 0.15) is 58.9 Å². The summed E-state index contributed by atoms with van der Waals surface area (Å²) < 4.78 is 0. The molecule has 0 aliphatic carbocycles. The Bertz CT molecular complexity index is 987. The van der Waals surface area contributed by atoms with Crippen molar-refractivity contribution in [1.29, 1.82) is 0 Å². The molecule has 0 saturated heterocycles. The summed E-state index contributed by atoms with van der Waals surface area (Å²) in [5, 5.41) is 4.29. The van der Waals surface area contributed by atoms with Crippen molar-refractivity contribution in [1.82, 2.24) is 15.3 Å². The number of rotatable bonds is 4. The number of fused-ring (bicyclic) bond motifs is 1. The summed E-state index contributed by atoms with van der Waals surface area (Å²) in [5.74, 6) is 0.691. The maximum atomic E-state index is 12.5. The molecule has 2 N–H and O–H groups in total. The number of hydrogen-bond donors (Lipinski definition) is 2. The van der Waals surface area contributed by atoms with Crippen LogP contribution in [0, 0.1) is 27.7 Å². The molecule has 4 nitrogen and oxygen atoms in total. The highest BCUT2D eigenvalue weighted by molar-refractivity contribution is 7.18. The SMILES string of the molecule is Cc1ccc(C)c([C@@H](C)N[C@H](C)c2nc3sc(C)c(C)c3c(=O)[nH]2)c1. The van der Waals surface area contributed by atoms with E-state index in [1.807, 2.05) is 20.8 Å². The first-order valence-electron chi connectivity index (χ1n) is 8.61. The van der Waals surface area contributed by atoms with Crippen LogP contribution in [0.25, 0.3) is 10.2 Å². The molecule has 0 spiro atoms. The van der Waals surface area contributed by atoms with E-state index in [0.29, 0.717) is 5.82 Å². The fourth-order valence-corrected chi connectivity index (χ4v) is 4.28. The molecule has 0 aliphatic heterocycles. The van der Waals surface area contributed by atoms with Crippen molar-refractivity contribution in [3.05, 3.63) is 61.5 Å². The molecule has 1 aromatic carbocycles. The number of nitrogens with zero attached hydrogens (tertiary/aromatic N) is 1. The van der Waals surface area contributed by atoms with Crippen molar-refractivity contribution < 1.29 is 0 Å². The summed E-state index contributed by atoms with van der Waals surface area (Å²) in [5.41, 5.74) is 4.77. The summed E-state index contributed by atoms with van der Waals surface area (Å²) in [4.78, 5) is 22.1. The predicted octanol–water partition coefficient (Wildman–Crippen LogP) is 4.63. The summed E-state index contributed by atoms with van der Waals surface area (Å²) >= 11 is 1.59. The molecule has 2 aromatic heterocycles. The molecule has 0 radical (unpaired) electrons. The molecule has 2 heterocycles. The highest BCUT2D eigenvalue weighted by Crippen LogP contribution is 2.27. The number of aromatic amines is 1. The molecule has 0 unspecified atom stereocenters. The summed E-state index contributed by atoms with van der Waals surface area (Å²) in [7, 11) is 0. The van der Waals surface area contributed by atoms with Crippen LogP contribution >= 0.6 is 11.3 Å². The molecule has 5 heteroatoms. The predicted molar refractivity (Wildman–Crippen MR) is 106 cm³/mol. The summed E-state index contributed by atoms with van der Waals surface area (Å²) in [6, 6.07) is 6.61. The molecule has 0 aliphatic rings. The molecule has 25 heavy (non-hydrogen) atoms. The molecular formula is C20H25N3OS. The number of aromatic nitrogens is 2. The zero-order valence-corrected chi connectivity index (χ0v) is 16.5. The van der Waals surface area contributed by atoms with Crippen LogP contribution in [-0.2, 0) is 0 Å². The quantitative estimate of drug-likeness (QED) is 0.717. The van der Waals surface area contributed by atoms with Gasteiger partial charge in [0.1, 0.15) is 10.7 Å². The lowest BCUT2D eigenvalue weighted by Crippen LogP contribution is -2.26. The van der Waals surface area contributed by atoms with Gasteiger partial charge < -0.3 is 10.3 Å². The van der Waals surface area contributed by atoms with Crippen molar-refractivity contribution in [3.8, 4) is 0 Å². The second kappa shape index (κ2) is 6.73. The van der Waals surface area contributed by atoms with Gasteiger partial charge in [-0.15, -0.1) is 11.3 Å². The van der Waals surface area contributed by atoms with Crippen molar-refractivity contribution >= 4 is 21.6 Å². The van der Waals surface area contributed by atoms with Gasteiger partial charge >= 0.3 is 0 Å². The molecule has 0 amide bonds. The third kappa shape index (κ3) is 3.39. The topological polar surface area (TPSA) is 57.8 Å². The first-order valence-corrected chi connectivity index (χ1v) is 9.42. The Labute approximate surface area is 152 Å². The zero-order valence-electron chi connectivity index (χ0n) is 15.7. The minimum absolute atomic E-state index is 0.0464. The average molecular weight is 356 g/mol. The Morgan fingerprint density at radius 2 is 1.84 bits per heavy atom. The van der Waals surface area contributed by atoms with Crippen LogP contribution < -0.4 is 10.9 Å². The minimum Gasteiger partial charge on any atom is -0.309 e. The molecule has 3 aromatic rings. The molecular weight excluding hydrogens is 330 g/mol. The Balaban J connectivity index is 1.90. The summed E-state index contributed by atoms with van der Waals surface area (Å²) in [6.07, 6.45) is 0. The number of hydrogen-bond acceptors (Lipinski definition) is 4. The third-order valence-corrected chi connectivity index (χ3v) is 5.97. The Kier molecular flexibility index (Phi) is 4.80. The smallest absolute Gasteiger partial charge is 0.259 e. The van der Waals surface area contributed by atoms with Gasteiger partial charge in [-0.1, -0.05) is 23.8 Å². The Hall–Kier alpha value is -1.98. The van der Waals surface area contributed by atoms with Gasteiger partial charge in [0.2, 0.25) is 0 Å². The maximum Gasteiger partial charge on any atom is 0.259 e. The standard InChI is InChI=1S/C20H25N3OS/c1-10-7-8-11(2)16(9-10)13(4)21-14(5)18-22-19(24)17-12(3)15(6)25-20(17)23-18/h7-9,13-14,21H,1-6H3,(H,22,23,24)/t13-,14-/m1/s1. The fraction of sp³-hybridized carbons (Fsp3) is 0.400. The van der Waals surface area contributed by atoms with Gasteiger partial charge in [-0.05, 0) is 58.2 Å². The zero-order chi connectivity index (χ0) is 18.3. The second-order valence-corrected chi connectivity index (χ2v) is 8.09. The lowest BCUT2D eigenvalue weighted by molar-refractivity contribution is 0.475. The third-order valence-electron chi connectivity index (χ3n) is 4.87. The van der Waals surface area contributed by atoms with Crippen LogP contribution in [0.4, 0.5) is 0 Å². The largest absolute Gasteiger partial charge is 0.309 e. The van der Waals surface area contributed by atoms with Gasteiger partial charge in [0.25, 0.3) is 5.56 Å². The van der Waals surface area contributed by atoms with Crippen molar-refractivity contribution in [2.24, 2.45) is 0 Å². The van der Waals surface area contributed by atoms with Crippen LogP contribution in [0.5, 0.6) is 0 Å². The van der Waals surface area contributed by atoms with Crippen molar-refractivity contribution in [3.63, 3.8) is 0 Å². The normalized spacial score (nSPS) is 14.0. The van der Waals surface area contributed by atoms with Gasteiger partial charge in [-0.25, -0.2) is 4.98 Å². The van der Waals surface area contributed by atoms with E-state index in [0.717, 1.165) is 20.7 Å².